The largest absolute Gasteiger partial charge is 0.462 e. The highest BCUT2D eigenvalue weighted by molar-refractivity contribution is 5.88. The third kappa shape index (κ3) is 11.0. The van der Waals surface area contributed by atoms with Crippen molar-refractivity contribution in [3.8, 4) is 11.8 Å². The first kappa shape index (κ1) is 16.5. The minimum absolute atomic E-state index is 0.0706. The number of esters is 2. The van der Waals surface area contributed by atoms with Gasteiger partial charge in [-0.15, -0.1) is 0 Å². The van der Waals surface area contributed by atoms with Crippen LogP contribution in [0.3, 0.4) is 0 Å². The topological polar surface area (TPSA) is 64.6 Å². The average molecular weight is 255 g/mol. The lowest BCUT2D eigenvalue weighted by Gasteiger charge is -2.16. The van der Waals surface area contributed by atoms with Crippen LogP contribution < -0.4 is 5.32 Å². The minimum Gasteiger partial charge on any atom is -0.462 e. The van der Waals surface area contributed by atoms with E-state index in [1.54, 1.807) is 34.6 Å². The molecule has 0 saturated carbocycles. The van der Waals surface area contributed by atoms with Crippen molar-refractivity contribution >= 4 is 11.9 Å². The molecule has 0 radical (unpaired) electrons. The Labute approximate surface area is 108 Å². The van der Waals surface area contributed by atoms with Crippen molar-refractivity contribution in [2.24, 2.45) is 0 Å². The van der Waals surface area contributed by atoms with E-state index >= 15 is 0 Å². The Morgan fingerprint density at radius 1 is 1.28 bits per heavy atom. The lowest BCUT2D eigenvalue weighted by molar-refractivity contribution is -0.147. The van der Waals surface area contributed by atoms with Gasteiger partial charge in [0.1, 0.15) is 5.60 Å². The number of ether oxygens (including phenoxy) is 2. The van der Waals surface area contributed by atoms with E-state index in [1.807, 2.05) is 0 Å². The fourth-order valence-electron chi connectivity index (χ4n) is 0.952. The zero-order valence-corrected chi connectivity index (χ0v) is 11.6. The molecular weight excluding hydrogens is 234 g/mol. The van der Waals surface area contributed by atoms with Crippen LogP contribution >= 0.6 is 0 Å². The van der Waals surface area contributed by atoms with Gasteiger partial charge in [-0.25, -0.2) is 4.79 Å². The van der Waals surface area contributed by atoms with Crippen molar-refractivity contribution in [1.82, 2.24) is 5.32 Å². The number of hydrogen-bond acceptors (Lipinski definition) is 5. The highest BCUT2D eigenvalue weighted by Gasteiger charge is 2.13. The van der Waals surface area contributed by atoms with Gasteiger partial charge in [0.2, 0.25) is 0 Å². The van der Waals surface area contributed by atoms with Crippen LogP contribution in [0.1, 0.15) is 34.6 Å². The van der Waals surface area contributed by atoms with Crippen LogP contribution in [-0.2, 0) is 19.1 Å². The molecule has 0 heterocycles. The first-order chi connectivity index (χ1) is 8.20. The van der Waals surface area contributed by atoms with E-state index in [2.05, 4.69) is 17.2 Å². The summed E-state index contributed by atoms with van der Waals surface area (Å²) in [6.07, 6.45) is -0.132. The quantitative estimate of drug-likeness (QED) is 0.349. The smallest absolute Gasteiger partial charge is 0.384 e. The van der Waals surface area contributed by atoms with Crippen LogP contribution in [0.25, 0.3) is 0 Å². The second-order valence-corrected chi connectivity index (χ2v) is 4.95. The van der Waals surface area contributed by atoms with Crippen molar-refractivity contribution in [3.63, 3.8) is 0 Å². The predicted molar refractivity (Wildman–Crippen MR) is 67.7 cm³/mol. The van der Waals surface area contributed by atoms with Crippen molar-refractivity contribution < 1.29 is 19.1 Å². The molecule has 0 aliphatic rings. The van der Waals surface area contributed by atoms with Gasteiger partial charge in [-0.2, -0.15) is 0 Å². The van der Waals surface area contributed by atoms with Crippen LogP contribution in [-0.4, -0.2) is 36.7 Å². The van der Waals surface area contributed by atoms with Crippen molar-refractivity contribution in [2.45, 2.75) is 46.3 Å². The molecule has 18 heavy (non-hydrogen) atoms. The van der Waals surface area contributed by atoms with Crippen LogP contribution in [0.5, 0.6) is 0 Å². The van der Waals surface area contributed by atoms with Gasteiger partial charge in [-0.1, -0.05) is 5.92 Å². The van der Waals surface area contributed by atoms with Gasteiger partial charge in [0.05, 0.1) is 19.2 Å². The zero-order valence-electron chi connectivity index (χ0n) is 11.6. The number of carbonyl (C=O) groups excluding carboxylic acids is 2. The first-order valence-corrected chi connectivity index (χ1v) is 5.83. The summed E-state index contributed by atoms with van der Waals surface area (Å²) in [6, 6.07) is 0. The molecule has 0 aliphatic heterocycles. The molecule has 5 nitrogen and oxygen atoms in total. The van der Waals surface area contributed by atoms with Crippen molar-refractivity contribution in [1.29, 1.82) is 0 Å². The van der Waals surface area contributed by atoms with Gasteiger partial charge < -0.3 is 9.47 Å². The summed E-state index contributed by atoms with van der Waals surface area (Å²) in [4.78, 5) is 22.3. The number of carbonyl (C=O) groups is 2. The summed E-state index contributed by atoms with van der Waals surface area (Å²) in [7, 11) is 0. The van der Waals surface area contributed by atoms with Crippen LogP contribution in [0.15, 0.2) is 0 Å². The summed E-state index contributed by atoms with van der Waals surface area (Å²) >= 11 is 0. The maximum atomic E-state index is 11.2. The Morgan fingerprint density at radius 3 is 2.39 bits per heavy atom. The third-order valence-corrected chi connectivity index (χ3v) is 1.44. The predicted octanol–water partition coefficient (Wildman–Crippen LogP) is 0.873. The molecule has 5 heteroatoms. The molecule has 0 aliphatic carbocycles. The first-order valence-electron chi connectivity index (χ1n) is 5.83. The van der Waals surface area contributed by atoms with Gasteiger partial charge in [0, 0.05) is 5.92 Å². The molecule has 0 unspecified atom stereocenters. The monoisotopic (exact) mass is 255 g/mol. The van der Waals surface area contributed by atoms with Crippen LogP contribution in [0.2, 0.25) is 0 Å². The summed E-state index contributed by atoms with van der Waals surface area (Å²) in [5, 5.41) is 2.75. The molecule has 0 spiro atoms. The summed E-state index contributed by atoms with van der Waals surface area (Å²) in [5.74, 6) is 3.98. The van der Waals surface area contributed by atoms with E-state index in [9.17, 15) is 9.59 Å². The van der Waals surface area contributed by atoms with Crippen LogP contribution in [0.4, 0.5) is 0 Å². The molecule has 0 bridgehead atoms. The second kappa shape index (κ2) is 7.72. The van der Waals surface area contributed by atoms with Gasteiger partial charge >= 0.3 is 11.9 Å². The molecule has 0 fully saturated rings. The number of hydrogen-bond donors (Lipinski definition) is 1. The Morgan fingerprint density at radius 2 is 1.89 bits per heavy atom. The Bertz CT molecular complexity index is 344. The molecule has 0 rings (SSSR count). The lowest BCUT2D eigenvalue weighted by atomic mass is 10.2. The molecule has 0 atom stereocenters. The van der Waals surface area contributed by atoms with E-state index in [1.165, 1.54) is 0 Å². The van der Waals surface area contributed by atoms with Crippen LogP contribution in [0, 0.1) is 11.8 Å². The van der Waals surface area contributed by atoms with Gasteiger partial charge in [-0.3, -0.25) is 10.1 Å². The van der Waals surface area contributed by atoms with Crippen molar-refractivity contribution in [2.75, 3.05) is 13.1 Å². The van der Waals surface area contributed by atoms with E-state index in [0.717, 1.165) is 0 Å². The Hall–Kier alpha value is -1.54. The van der Waals surface area contributed by atoms with Crippen molar-refractivity contribution in [3.05, 3.63) is 0 Å². The van der Waals surface area contributed by atoms with E-state index < -0.39 is 11.6 Å². The molecule has 1 N–H and O–H groups in total. The highest BCUT2D eigenvalue weighted by Crippen LogP contribution is 2.05. The maximum Gasteiger partial charge on any atom is 0.384 e. The number of nitrogens with one attached hydrogen (secondary N) is 1. The van der Waals surface area contributed by atoms with E-state index in [4.69, 9.17) is 9.47 Å². The normalized spacial score (nSPS) is 10.6. The average Bonchev–Trinajstić information content (AvgIpc) is 2.12. The summed E-state index contributed by atoms with van der Waals surface area (Å²) < 4.78 is 9.89. The SMILES string of the molecule is CC(C)OC(=O)CNCC#CC(=O)OC(C)(C)C. The molecule has 0 aromatic heterocycles. The maximum absolute atomic E-state index is 11.2. The molecular formula is C13H21NO4. The van der Waals surface area contributed by atoms with Gasteiger partial charge in [0.25, 0.3) is 0 Å². The van der Waals surface area contributed by atoms with E-state index in [-0.39, 0.29) is 25.2 Å². The Kier molecular flexibility index (Phi) is 7.06. The highest BCUT2D eigenvalue weighted by atomic mass is 16.6. The number of rotatable bonds is 4. The lowest BCUT2D eigenvalue weighted by Crippen LogP contribution is -2.27. The van der Waals surface area contributed by atoms with Gasteiger partial charge in [-0.05, 0) is 34.6 Å². The molecule has 0 aromatic rings. The molecule has 0 amide bonds. The summed E-state index contributed by atoms with van der Waals surface area (Å²) in [5.41, 5.74) is -0.541. The Balaban J connectivity index is 3.79. The van der Waals surface area contributed by atoms with E-state index in [0.29, 0.717) is 0 Å². The molecule has 0 saturated heterocycles. The standard InChI is InChI=1S/C13H21NO4/c1-10(2)17-12(16)9-14-8-6-7-11(15)18-13(3,4)5/h10,14H,8-9H2,1-5H3. The minimum atomic E-state index is -0.575. The summed E-state index contributed by atoms with van der Waals surface area (Å²) in [6.45, 7) is 9.17. The fourth-order valence-corrected chi connectivity index (χ4v) is 0.952. The third-order valence-electron chi connectivity index (χ3n) is 1.44. The molecule has 0 aromatic carbocycles. The zero-order chi connectivity index (χ0) is 14.2. The fraction of sp³-hybridized carbons (Fsp3) is 0.692. The van der Waals surface area contributed by atoms with Gasteiger partial charge in [0.15, 0.2) is 0 Å². The molecule has 102 valence electrons. The second-order valence-electron chi connectivity index (χ2n) is 4.95.